The fraction of sp³-hybridized carbons (Fsp3) is 0.375. The van der Waals surface area contributed by atoms with E-state index in [9.17, 15) is 14.4 Å². The van der Waals surface area contributed by atoms with Gasteiger partial charge in [0.2, 0.25) is 17.6 Å². The van der Waals surface area contributed by atoms with E-state index in [0.717, 1.165) is 25.8 Å². The molecule has 35 heavy (non-hydrogen) atoms. The molecular weight excluding hydrogens is 472 g/mol. The van der Waals surface area contributed by atoms with Crippen molar-refractivity contribution in [2.24, 2.45) is 5.92 Å². The van der Waals surface area contributed by atoms with E-state index in [2.05, 4.69) is 20.6 Å². The van der Waals surface area contributed by atoms with E-state index in [4.69, 9.17) is 21.8 Å². The molecule has 0 bridgehead atoms. The molecule has 10 nitrogen and oxygen atoms in total. The maximum atomic E-state index is 13.2. The maximum absolute atomic E-state index is 13.2. The summed E-state index contributed by atoms with van der Waals surface area (Å²) in [7, 11) is 0. The van der Waals surface area contributed by atoms with Gasteiger partial charge in [-0.3, -0.25) is 14.4 Å². The number of hydrogen-bond acceptors (Lipinski definition) is 7. The Balaban J connectivity index is 1.35. The second kappa shape index (κ2) is 9.53. The smallest absolute Gasteiger partial charge is 0.294 e. The number of carbonyl (C=O) groups excluding carboxylic acids is 3. The number of halogens is 1. The van der Waals surface area contributed by atoms with Gasteiger partial charge in [-0.1, -0.05) is 11.6 Å². The second-order valence-electron chi connectivity index (χ2n) is 8.88. The molecule has 3 aromatic heterocycles. The van der Waals surface area contributed by atoms with Gasteiger partial charge in [-0.15, -0.1) is 0 Å². The molecule has 5 rings (SSSR count). The van der Waals surface area contributed by atoms with Gasteiger partial charge in [0, 0.05) is 37.3 Å². The summed E-state index contributed by atoms with van der Waals surface area (Å²) in [6.45, 7) is 0.800. The lowest BCUT2D eigenvalue weighted by Crippen LogP contribution is -2.40. The molecular formula is C24H25ClN6O4. The number of nitrogens with one attached hydrogen (secondary N) is 2. The zero-order valence-electron chi connectivity index (χ0n) is 18.9. The van der Waals surface area contributed by atoms with Crippen LogP contribution in [0.5, 0.6) is 0 Å². The highest BCUT2D eigenvalue weighted by Gasteiger charge is 2.34. The molecule has 0 radical (unpaired) electrons. The number of nitrogens with two attached hydrogens (primary N) is 1. The number of pyridine rings is 2. The Kier molecular flexibility index (Phi) is 6.29. The minimum atomic E-state index is -0.595. The van der Waals surface area contributed by atoms with Crippen molar-refractivity contribution < 1.29 is 18.8 Å². The summed E-state index contributed by atoms with van der Waals surface area (Å²) < 4.78 is 5.78. The summed E-state index contributed by atoms with van der Waals surface area (Å²) in [5.74, 6) is -0.541. The van der Waals surface area contributed by atoms with Gasteiger partial charge in [0.1, 0.15) is 22.9 Å². The fourth-order valence-electron chi connectivity index (χ4n) is 4.90. The first-order valence-electron chi connectivity index (χ1n) is 11.6. The molecule has 2 aliphatic rings. The van der Waals surface area contributed by atoms with Crippen molar-refractivity contribution in [3.63, 3.8) is 0 Å². The number of amides is 3. The molecule has 0 atom stereocenters. The van der Waals surface area contributed by atoms with Gasteiger partial charge in [-0.05, 0) is 50.3 Å². The monoisotopic (exact) mass is 496 g/mol. The summed E-state index contributed by atoms with van der Waals surface area (Å²) in [6.07, 6.45) is 7.24. The number of aromatic nitrogens is 2. The number of fused-ring (bicyclic) bond motifs is 1. The first kappa shape index (κ1) is 23.1. The summed E-state index contributed by atoms with van der Waals surface area (Å²) in [6, 6.07) is 4.92. The fourth-order valence-corrected chi connectivity index (χ4v) is 5.01. The highest BCUT2D eigenvalue weighted by molar-refractivity contribution is 6.30. The van der Waals surface area contributed by atoms with Crippen LogP contribution in [0, 0.1) is 5.92 Å². The molecule has 1 aliphatic carbocycles. The molecule has 4 N–H and O–H groups in total. The first-order valence-corrected chi connectivity index (χ1v) is 12.0. The first-order chi connectivity index (χ1) is 16.9. The number of anilines is 3. The van der Waals surface area contributed by atoms with Gasteiger partial charge in [0.05, 0.1) is 10.4 Å². The van der Waals surface area contributed by atoms with Crippen LogP contribution in [0.1, 0.15) is 49.1 Å². The molecule has 11 heteroatoms. The number of rotatable bonds is 5. The normalized spacial score (nSPS) is 20.3. The van der Waals surface area contributed by atoms with Crippen LogP contribution >= 0.6 is 11.6 Å². The Hall–Kier alpha value is -3.66. The van der Waals surface area contributed by atoms with Gasteiger partial charge in [-0.2, -0.15) is 0 Å². The van der Waals surface area contributed by atoms with Crippen molar-refractivity contribution in [1.82, 2.24) is 14.9 Å². The molecule has 2 fully saturated rings. The number of furan rings is 1. The zero-order chi connectivity index (χ0) is 24.5. The van der Waals surface area contributed by atoms with Gasteiger partial charge in [-0.25, -0.2) is 9.97 Å². The number of hydrogen-bond donors (Lipinski definition) is 3. The van der Waals surface area contributed by atoms with Crippen molar-refractivity contribution in [3.8, 4) is 0 Å². The minimum Gasteiger partial charge on any atom is -0.448 e. The number of nitrogen functional groups attached to an aromatic ring is 1. The molecule has 4 heterocycles. The average Bonchev–Trinajstić information content (AvgIpc) is 3.45. The molecule has 0 spiro atoms. The van der Waals surface area contributed by atoms with Crippen LogP contribution < -0.4 is 16.4 Å². The van der Waals surface area contributed by atoms with E-state index >= 15 is 0 Å². The van der Waals surface area contributed by atoms with Crippen LogP contribution in [0.15, 0.2) is 35.0 Å². The third-order valence-electron chi connectivity index (χ3n) is 6.67. The Morgan fingerprint density at radius 2 is 1.91 bits per heavy atom. The molecule has 182 valence electrons. The van der Waals surface area contributed by atoms with E-state index in [0.29, 0.717) is 35.3 Å². The average molecular weight is 497 g/mol. The van der Waals surface area contributed by atoms with E-state index in [1.165, 1.54) is 12.4 Å². The third-order valence-corrected chi connectivity index (χ3v) is 6.90. The minimum absolute atomic E-state index is 0.0962. The Labute approximate surface area is 206 Å². The Morgan fingerprint density at radius 1 is 1.11 bits per heavy atom. The SMILES string of the molecule is Nc1nccc2oc(C(=O)Nc3ccc(Cl)cn3)c(NC(=O)[C@H]3CC[C@H](N4CCCC4=O)CC3)c12. The second-order valence-corrected chi connectivity index (χ2v) is 9.31. The zero-order valence-corrected chi connectivity index (χ0v) is 19.7. The molecule has 3 aromatic rings. The molecule has 0 unspecified atom stereocenters. The number of carbonyl (C=O) groups is 3. The van der Waals surface area contributed by atoms with Crippen LogP contribution in [0.25, 0.3) is 11.0 Å². The highest BCUT2D eigenvalue weighted by atomic mass is 35.5. The standard InChI is InChI=1S/C24H25ClN6O4/c25-14-5-8-17(28-12-14)29-24(34)21-20(19-16(35-21)9-10-27-22(19)26)30-23(33)13-3-6-15(7-4-13)31-11-1-2-18(31)32/h5,8-10,12-13,15H,1-4,6-7,11H2,(H2,26,27)(H,30,33)(H,28,29,34)/t13-,15-. The quantitative estimate of drug-likeness (QED) is 0.487. The lowest BCUT2D eigenvalue weighted by molar-refractivity contribution is -0.130. The summed E-state index contributed by atoms with van der Waals surface area (Å²) in [4.78, 5) is 48.5. The largest absolute Gasteiger partial charge is 0.448 e. The highest BCUT2D eigenvalue weighted by Crippen LogP contribution is 2.36. The van der Waals surface area contributed by atoms with Crippen molar-refractivity contribution >= 4 is 57.6 Å². The van der Waals surface area contributed by atoms with Crippen molar-refractivity contribution in [2.75, 3.05) is 22.9 Å². The summed E-state index contributed by atoms with van der Waals surface area (Å²) in [5, 5.41) is 6.33. The molecule has 1 saturated carbocycles. The molecule has 1 aliphatic heterocycles. The summed E-state index contributed by atoms with van der Waals surface area (Å²) in [5.41, 5.74) is 6.59. The Bertz CT molecular complexity index is 1280. The predicted molar refractivity (Wildman–Crippen MR) is 131 cm³/mol. The lowest BCUT2D eigenvalue weighted by atomic mass is 9.84. The maximum Gasteiger partial charge on any atom is 0.294 e. The van der Waals surface area contributed by atoms with Crippen LogP contribution in [0.2, 0.25) is 5.02 Å². The van der Waals surface area contributed by atoms with E-state index in [1.807, 2.05) is 4.90 Å². The van der Waals surface area contributed by atoms with Crippen LogP contribution in [-0.4, -0.2) is 45.2 Å². The number of likely N-dealkylation sites (tertiary alicyclic amines) is 1. The summed E-state index contributed by atoms with van der Waals surface area (Å²) >= 11 is 5.86. The van der Waals surface area contributed by atoms with Gasteiger partial charge in [0.25, 0.3) is 5.91 Å². The topological polar surface area (TPSA) is 143 Å². The van der Waals surface area contributed by atoms with Gasteiger partial charge >= 0.3 is 0 Å². The van der Waals surface area contributed by atoms with Crippen molar-refractivity contribution in [3.05, 3.63) is 41.4 Å². The third kappa shape index (κ3) is 4.66. The van der Waals surface area contributed by atoms with E-state index in [-0.39, 0.29) is 46.9 Å². The van der Waals surface area contributed by atoms with Crippen molar-refractivity contribution in [1.29, 1.82) is 0 Å². The van der Waals surface area contributed by atoms with Crippen molar-refractivity contribution in [2.45, 2.75) is 44.6 Å². The van der Waals surface area contributed by atoms with E-state index in [1.54, 1.807) is 18.2 Å². The van der Waals surface area contributed by atoms with Gasteiger partial charge < -0.3 is 25.7 Å². The van der Waals surface area contributed by atoms with Crippen LogP contribution in [0.4, 0.5) is 17.3 Å². The molecule has 3 amide bonds. The van der Waals surface area contributed by atoms with Gasteiger partial charge in [0.15, 0.2) is 0 Å². The predicted octanol–water partition coefficient (Wildman–Crippen LogP) is 3.83. The van der Waals surface area contributed by atoms with E-state index < -0.39 is 5.91 Å². The molecule has 0 aromatic carbocycles. The number of nitrogens with zero attached hydrogens (tertiary/aromatic N) is 3. The molecule has 1 saturated heterocycles. The van der Waals surface area contributed by atoms with Crippen LogP contribution in [-0.2, 0) is 9.59 Å². The Morgan fingerprint density at radius 3 is 2.60 bits per heavy atom. The van der Waals surface area contributed by atoms with Crippen LogP contribution in [0.3, 0.4) is 0 Å². The lowest BCUT2D eigenvalue weighted by Gasteiger charge is -2.34.